The van der Waals surface area contributed by atoms with E-state index in [1.807, 2.05) is 6.92 Å². The zero-order chi connectivity index (χ0) is 53.4. The van der Waals surface area contributed by atoms with Crippen molar-refractivity contribution in [2.45, 2.75) is 141 Å². The number of nitrogens with two attached hydrogens (primary N) is 2. The van der Waals surface area contributed by atoms with E-state index in [4.69, 9.17) is 11.5 Å². The summed E-state index contributed by atoms with van der Waals surface area (Å²) < 4.78 is 0. The van der Waals surface area contributed by atoms with Crippen molar-refractivity contribution < 1.29 is 58.2 Å². The van der Waals surface area contributed by atoms with Gasteiger partial charge in [-0.1, -0.05) is 90.4 Å². The Morgan fingerprint density at radius 1 is 0.639 bits per heavy atom. The van der Waals surface area contributed by atoms with E-state index < -0.39 is 138 Å². The predicted octanol–water partition coefficient (Wildman–Crippen LogP) is -0.655. The van der Waals surface area contributed by atoms with Crippen molar-refractivity contribution in [2.75, 3.05) is 19.6 Å². The van der Waals surface area contributed by atoms with Gasteiger partial charge in [0, 0.05) is 25.9 Å². The molecule has 2 aliphatic heterocycles. The Bertz CT molecular complexity index is 2260. The molecular formula is C50H72N10O12. The number of nitrogens with one attached hydrogen (secondary N) is 6. The number of rotatable bonds is 25. The van der Waals surface area contributed by atoms with Gasteiger partial charge in [0.05, 0.1) is 19.0 Å². The third-order valence-electron chi connectivity index (χ3n) is 13.0. The van der Waals surface area contributed by atoms with Gasteiger partial charge in [-0.05, 0) is 66.7 Å². The largest absolute Gasteiger partial charge is 0.508 e. The number of phenolic OH excluding ortho intramolecular Hbond substituents is 1. The maximum Gasteiger partial charge on any atom is 0.326 e. The van der Waals surface area contributed by atoms with Crippen molar-refractivity contribution in [1.29, 1.82) is 0 Å². The molecule has 2 fully saturated rings. The number of aliphatic carboxylic acids is 1. The number of primary amides is 1. The number of carbonyl (C=O) groups excluding carboxylic acids is 9. The number of benzene rings is 2. The minimum Gasteiger partial charge on any atom is -0.508 e. The minimum absolute atomic E-state index is 0.0131. The fourth-order valence-corrected chi connectivity index (χ4v) is 8.73. The lowest BCUT2D eigenvalue weighted by Gasteiger charge is -2.33. The SMILES string of the molecule is CC[C@H](C)[C@H](NC(=O)[C@@H](N)CC(N)=O)C(=O)N[C@@H](Cc1ccccc1)C(=O)N1CCC[C@H]1C(=O)N[C@@H](Cc1ccc(O)cc1)C(=O)N1CCC[C@H]1C(=O)N[C@H](C(=O)NCC(=O)N[C@H](C(=O)O)C(C)C)C(C)C. The number of carbonyl (C=O) groups is 10. The minimum atomic E-state index is -1.32. The number of likely N-dealkylation sites (tertiary alicyclic amines) is 2. The van der Waals surface area contributed by atoms with E-state index in [9.17, 15) is 58.2 Å². The average Bonchev–Trinajstić information content (AvgIpc) is 4.04. The van der Waals surface area contributed by atoms with Crippen LogP contribution in [0.25, 0.3) is 0 Å². The van der Waals surface area contributed by atoms with Gasteiger partial charge in [0.1, 0.15) is 48.0 Å². The average molecular weight is 1010 g/mol. The second-order valence-electron chi connectivity index (χ2n) is 19.3. The van der Waals surface area contributed by atoms with Crippen LogP contribution in [-0.2, 0) is 60.8 Å². The van der Waals surface area contributed by atoms with Gasteiger partial charge in [-0.2, -0.15) is 0 Å². The van der Waals surface area contributed by atoms with E-state index >= 15 is 0 Å². The summed E-state index contributed by atoms with van der Waals surface area (Å²) in [5.74, 6) is -8.87. The van der Waals surface area contributed by atoms with Crippen molar-refractivity contribution in [3.8, 4) is 5.75 Å². The summed E-state index contributed by atoms with van der Waals surface area (Å²) in [7, 11) is 0. The Morgan fingerprint density at radius 2 is 1.15 bits per heavy atom. The van der Waals surface area contributed by atoms with Crippen molar-refractivity contribution in [3.63, 3.8) is 0 Å². The van der Waals surface area contributed by atoms with Crippen LogP contribution in [0.4, 0.5) is 0 Å². The Balaban J connectivity index is 1.56. The van der Waals surface area contributed by atoms with Crippen molar-refractivity contribution in [1.82, 2.24) is 41.7 Å². The molecule has 394 valence electrons. The highest BCUT2D eigenvalue weighted by Crippen LogP contribution is 2.24. The second kappa shape index (κ2) is 26.9. The molecule has 2 heterocycles. The number of nitrogens with zero attached hydrogens (tertiary/aromatic N) is 2. The molecule has 4 rings (SSSR count). The van der Waals surface area contributed by atoms with Crippen LogP contribution in [0.3, 0.4) is 0 Å². The molecule has 2 aromatic rings. The van der Waals surface area contributed by atoms with Gasteiger partial charge >= 0.3 is 5.97 Å². The molecule has 2 aliphatic rings. The molecule has 0 spiro atoms. The third kappa shape index (κ3) is 16.2. The number of hydrogen-bond acceptors (Lipinski definition) is 12. The number of amides is 9. The Labute approximate surface area is 419 Å². The van der Waals surface area contributed by atoms with Gasteiger partial charge in [-0.3, -0.25) is 43.2 Å². The first-order chi connectivity index (χ1) is 34.0. The van der Waals surface area contributed by atoms with Crippen LogP contribution >= 0.6 is 0 Å². The fourth-order valence-electron chi connectivity index (χ4n) is 8.73. The molecule has 0 aliphatic carbocycles. The molecule has 0 saturated carbocycles. The molecule has 0 unspecified atom stereocenters. The first-order valence-electron chi connectivity index (χ1n) is 24.5. The highest BCUT2D eigenvalue weighted by molar-refractivity contribution is 5.98. The number of carboxylic acid groups (broad SMARTS) is 1. The van der Waals surface area contributed by atoms with E-state index in [-0.39, 0.29) is 44.5 Å². The van der Waals surface area contributed by atoms with Crippen LogP contribution in [0.1, 0.15) is 91.2 Å². The number of phenols is 1. The standard InChI is InChI=1S/C50H72N10O12/c1-7-29(6)42(58-43(64)33(51)25-38(52)62)47(68)55-35(23-30-13-9-8-10-14-30)49(70)59-21-11-15-36(59)44(65)54-34(24-31-17-19-32(61)20-18-31)48(69)60-22-12-16-37(60)45(66)57-40(27(2)3)46(67)53-26-39(63)56-41(28(4)5)50(71)72/h8-10,13-14,17-20,27-29,33-37,40-42,61H,7,11-12,15-16,21-26,51H2,1-6H3,(H2,52,62)(H,53,67)(H,54,65)(H,55,68)(H,56,63)(H,57,66)(H,58,64)(H,71,72)/t29-,33-,34-,35-,36-,37-,40-,41-,42-/m0/s1. The summed E-state index contributed by atoms with van der Waals surface area (Å²) in [5.41, 5.74) is 12.4. The number of aromatic hydroxyl groups is 1. The van der Waals surface area contributed by atoms with Crippen LogP contribution in [-0.4, -0.2) is 147 Å². The highest BCUT2D eigenvalue weighted by atomic mass is 16.4. The van der Waals surface area contributed by atoms with Crippen LogP contribution in [0.5, 0.6) is 5.75 Å². The molecular weight excluding hydrogens is 933 g/mol. The lowest BCUT2D eigenvalue weighted by molar-refractivity contribution is -0.144. The predicted molar refractivity (Wildman–Crippen MR) is 263 cm³/mol. The van der Waals surface area contributed by atoms with Crippen LogP contribution in [0, 0.1) is 17.8 Å². The summed E-state index contributed by atoms with van der Waals surface area (Å²) in [5, 5.41) is 35.3. The summed E-state index contributed by atoms with van der Waals surface area (Å²) >= 11 is 0. The van der Waals surface area contributed by atoms with Crippen molar-refractivity contribution in [3.05, 3.63) is 65.7 Å². The van der Waals surface area contributed by atoms with E-state index in [0.717, 1.165) is 0 Å². The molecule has 0 radical (unpaired) electrons. The number of carboxylic acids is 1. The first kappa shape index (κ1) is 57.5. The molecule has 9 amide bonds. The molecule has 2 saturated heterocycles. The monoisotopic (exact) mass is 1000 g/mol. The van der Waals surface area contributed by atoms with Gasteiger partial charge in [-0.15, -0.1) is 0 Å². The fraction of sp³-hybridized carbons (Fsp3) is 0.560. The zero-order valence-electron chi connectivity index (χ0n) is 41.9. The summed E-state index contributed by atoms with van der Waals surface area (Å²) in [4.78, 5) is 137. The van der Waals surface area contributed by atoms with E-state index in [1.165, 1.54) is 21.9 Å². The van der Waals surface area contributed by atoms with Gasteiger partial charge in [0.25, 0.3) is 0 Å². The van der Waals surface area contributed by atoms with Crippen molar-refractivity contribution >= 4 is 59.1 Å². The molecule has 12 N–H and O–H groups in total. The first-order valence-corrected chi connectivity index (χ1v) is 24.5. The van der Waals surface area contributed by atoms with Crippen LogP contribution in [0.2, 0.25) is 0 Å². The Kier molecular flexibility index (Phi) is 21.5. The smallest absolute Gasteiger partial charge is 0.326 e. The Morgan fingerprint density at radius 3 is 1.65 bits per heavy atom. The third-order valence-corrected chi connectivity index (χ3v) is 13.0. The molecule has 22 nitrogen and oxygen atoms in total. The van der Waals surface area contributed by atoms with E-state index in [2.05, 4.69) is 31.9 Å². The highest BCUT2D eigenvalue weighted by Gasteiger charge is 2.43. The van der Waals surface area contributed by atoms with Crippen LogP contribution < -0.4 is 43.4 Å². The lowest BCUT2D eigenvalue weighted by atomic mass is 9.96. The van der Waals surface area contributed by atoms with Gasteiger partial charge in [0.15, 0.2) is 0 Å². The lowest BCUT2D eigenvalue weighted by Crippen LogP contribution is -2.61. The molecule has 9 atom stereocenters. The van der Waals surface area contributed by atoms with Gasteiger partial charge in [0.2, 0.25) is 53.2 Å². The van der Waals surface area contributed by atoms with E-state index in [0.29, 0.717) is 30.4 Å². The summed E-state index contributed by atoms with van der Waals surface area (Å²) in [6, 6.07) is 5.40. The number of hydrogen-bond donors (Lipinski definition) is 10. The summed E-state index contributed by atoms with van der Waals surface area (Å²) in [6.45, 7) is 9.84. The molecule has 2 aromatic carbocycles. The van der Waals surface area contributed by atoms with Gasteiger partial charge in [-0.25, -0.2) is 4.79 Å². The summed E-state index contributed by atoms with van der Waals surface area (Å²) in [6.07, 6.45) is 1.17. The molecule has 72 heavy (non-hydrogen) atoms. The van der Waals surface area contributed by atoms with Gasteiger partial charge < -0.3 is 63.4 Å². The topological polar surface area (TPSA) is 342 Å². The van der Waals surface area contributed by atoms with Crippen LogP contribution in [0.15, 0.2) is 54.6 Å². The zero-order valence-corrected chi connectivity index (χ0v) is 41.9. The quantitative estimate of drug-likeness (QED) is 0.0592. The molecule has 0 aromatic heterocycles. The van der Waals surface area contributed by atoms with E-state index in [1.54, 1.807) is 77.1 Å². The molecule has 0 bridgehead atoms. The maximum atomic E-state index is 14.7. The second-order valence-corrected chi connectivity index (χ2v) is 19.3. The molecule has 22 heteroatoms. The normalized spacial score (nSPS) is 18.4. The maximum absolute atomic E-state index is 14.7. The Hall–Kier alpha value is -7.10. The van der Waals surface area contributed by atoms with Crippen molar-refractivity contribution in [2.24, 2.45) is 29.2 Å².